The normalized spacial score (nSPS) is 10.1. The SMILES string of the molecule is Cc1cscc1Nc1ccc(N)cn1. The monoisotopic (exact) mass is 205 g/mol. The van der Waals surface area contributed by atoms with Gasteiger partial charge in [0.1, 0.15) is 5.82 Å². The lowest BCUT2D eigenvalue weighted by Crippen LogP contribution is -1.94. The number of pyridine rings is 1. The summed E-state index contributed by atoms with van der Waals surface area (Å²) in [6, 6.07) is 3.70. The maximum absolute atomic E-state index is 5.54. The van der Waals surface area contributed by atoms with E-state index in [1.54, 1.807) is 17.5 Å². The summed E-state index contributed by atoms with van der Waals surface area (Å²) in [5, 5.41) is 7.38. The molecule has 0 bridgehead atoms. The summed E-state index contributed by atoms with van der Waals surface area (Å²) >= 11 is 1.67. The second-order valence-corrected chi connectivity index (χ2v) is 3.81. The first-order valence-electron chi connectivity index (χ1n) is 4.27. The molecule has 0 aliphatic rings. The Labute approximate surface area is 86.6 Å². The molecule has 0 fully saturated rings. The average molecular weight is 205 g/mol. The molecule has 3 N–H and O–H groups in total. The summed E-state index contributed by atoms with van der Waals surface area (Å²) in [4.78, 5) is 4.16. The van der Waals surface area contributed by atoms with Gasteiger partial charge < -0.3 is 11.1 Å². The number of nitrogens with zero attached hydrogens (tertiary/aromatic N) is 1. The predicted molar refractivity (Wildman–Crippen MR) is 61.0 cm³/mol. The van der Waals surface area contributed by atoms with Crippen molar-refractivity contribution >= 4 is 28.5 Å². The van der Waals surface area contributed by atoms with Crippen molar-refractivity contribution in [1.29, 1.82) is 0 Å². The lowest BCUT2D eigenvalue weighted by atomic mass is 10.3. The van der Waals surface area contributed by atoms with Gasteiger partial charge in [0, 0.05) is 5.38 Å². The van der Waals surface area contributed by atoms with Crippen LogP contribution in [0, 0.1) is 6.92 Å². The van der Waals surface area contributed by atoms with Crippen LogP contribution < -0.4 is 11.1 Å². The van der Waals surface area contributed by atoms with E-state index in [1.165, 1.54) is 5.56 Å². The fourth-order valence-electron chi connectivity index (χ4n) is 1.11. The van der Waals surface area contributed by atoms with Gasteiger partial charge in [-0.05, 0) is 30.0 Å². The van der Waals surface area contributed by atoms with Crippen LogP contribution in [-0.4, -0.2) is 4.98 Å². The van der Waals surface area contributed by atoms with Crippen molar-refractivity contribution in [3.05, 3.63) is 34.7 Å². The minimum absolute atomic E-state index is 0.678. The van der Waals surface area contributed by atoms with Crippen LogP contribution in [0.15, 0.2) is 29.1 Å². The van der Waals surface area contributed by atoms with Crippen LogP contribution in [0.1, 0.15) is 5.56 Å². The molecular weight excluding hydrogens is 194 g/mol. The summed E-state index contributed by atoms with van der Waals surface area (Å²) in [7, 11) is 0. The number of aryl methyl sites for hydroxylation is 1. The van der Waals surface area contributed by atoms with E-state index >= 15 is 0 Å². The van der Waals surface area contributed by atoms with Gasteiger partial charge in [0.2, 0.25) is 0 Å². The average Bonchev–Trinajstić information content (AvgIpc) is 2.56. The molecule has 0 aliphatic heterocycles. The molecule has 0 saturated carbocycles. The van der Waals surface area contributed by atoms with E-state index in [0.717, 1.165) is 11.5 Å². The summed E-state index contributed by atoms with van der Waals surface area (Å²) in [6.07, 6.45) is 1.64. The van der Waals surface area contributed by atoms with Gasteiger partial charge in [-0.25, -0.2) is 4.98 Å². The van der Waals surface area contributed by atoms with Gasteiger partial charge in [-0.3, -0.25) is 0 Å². The van der Waals surface area contributed by atoms with Crippen LogP contribution in [0.4, 0.5) is 17.2 Å². The molecular formula is C10H11N3S. The predicted octanol–water partition coefficient (Wildman–Crippen LogP) is 2.78. The van der Waals surface area contributed by atoms with E-state index in [-0.39, 0.29) is 0 Å². The molecule has 2 aromatic rings. The van der Waals surface area contributed by atoms with Gasteiger partial charge in [-0.1, -0.05) is 0 Å². The molecule has 0 atom stereocenters. The van der Waals surface area contributed by atoms with Crippen LogP contribution in [0.3, 0.4) is 0 Å². The van der Waals surface area contributed by atoms with E-state index in [9.17, 15) is 0 Å². The lowest BCUT2D eigenvalue weighted by molar-refractivity contribution is 1.31. The zero-order chi connectivity index (χ0) is 9.97. The summed E-state index contributed by atoms with van der Waals surface area (Å²) < 4.78 is 0. The fourth-order valence-corrected chi connectivity index (χ4v) is 1.89. The Kier molecular flexibility index (Phi) is 2.37. The molecule has 0 aliphatic carbocycles. The van der Waals surface area contributed by atoms with Gasteiger partial charge in [0.15, 0.2) is 0 Å². The van der Waals surface area contributed by atoms with E-state index < -0.39 is 0 Å². The van der Waals surface area contributed by atoms with Crippen molar-refractivity contribution in [2.75, 3.05) is 11.1 Å². The highest BCUT2D eigenvalue weighted by Gasteiger charge is 1.99. The third-order valence-corrected chi connectivity index (χ3v) is 2.77. The van der Waals surface area contributed by atoms with Gasteiger partial charge in [-0.15, -0.1) is 11.3 Å². The third kappa shape index (κ3) is 1.85. The van der Waals surface area contributed by atoms with E-state index in [4.69, 9.17) is 5.73 Å². The minimum Gasteiger partial charge on any atom is -0.397 e. The first-order chi connectivity index (χ1) is 6.75. The van der Waals surface area contributed by atoms with Crippen molar-refractivity contribution in [2.45, 2.75) is 6.92 Å². The van der Waals surface area contributed by atoms with Crippen LogP contribution in [0.25, 0.3) is 0 Å². The highest BCUT2D eigenvalue weighted by atomic mass is 32.1. The zero-order valence-electron chi connectivity index (χ0n) is 7.82. The molecule has 14 heavy (non-hydrogen) atoms. The maximum atomic E-state index is 5.54. The van der Waals surface area contributed by atoms with Crippen LogP contribution in [0.2, 0.25) is 0 Å². The maximum Gasteiger partial charge on any atom is 0.130 e. The molecule has 0 aromatic carbocycles. The van der Waals surface area contributed by atoms with Crippen molar-refractivity contribution < 1.29 is 0 Å². The first-order valence-corrected chi connectivity index (χ1v) is 5.21. The molecule has 0 saturated heterocycles. The fraction of sp³-hybridized carbons (Fsp3) is 0.100. The molecule has 3 nitrogen and oxygen atoms in total. The number of nitrogens with one attached hydrogen (secondary N) is 1. The number of hydrogen-bond acceptors (Lipinski definition) is 4. The number of anilines is 3. The molecule has 2 aromatic heterocycles. The van der Waals surface area contributed by atoms with Crippen LogP contribution in [-0.2, 0) is 0 Å². The number of hydrogen-bond donors (Lipinski definition) is 2. The molecule has 0 amide bonds. The third-order valence-electron chi connectivity index (χ3n) is 1.90. The van der Waals surface area contributed by atoms with Gasteiger partial charge in [0.25, 0.3) is 0 Å². The first kappa shape index (κ1) is 9.02. The number of aromatic nitrogens is 1. The minimum atomic E-state index is 0.678. The molecule has 4 heteroatoms. The van der Waals surface area contributed by atoms with Crippen molar-refractivity contribution in [2.24, 2.45) is 0 Å². The molecule has 2 heterocycles. The van der Waals surface area contributed by atoms with E-state index in [1.807, 2.05) is 12.1 Å². The largest absolute Gasteiger partial charge is 0.397 e. The molecule has 0 unspecified atom stereocenters. The Balaban J connectivity index is 2.19. The summed E-state index contributed by atoms with van der Waals surface area (Å²) in [6.45, 7) is 2.07. The highest BCUT2D eigenvalue weighted by molar-refractivity contribution is 7.08. The van der Waals surface area contributed by atoms with E-state index in [2.05, 4.69) is 28.0 Å². The number of rotatable bonds is 2. The van der Waals surface area contributed by atoms with Crippen molar-refractivity contribution in [3.8, 4) is 0 Å². The molecule has 2 rings (SSSR count). The Morgan fingerprint density at radius 2 is 2.21 bits per heavy atom. The topological polar surface area (TPSA) is 50.9 Å². The van der Waals surface area contributed by atoms with Crippen molar-refractivity contribution in [3.63, 3.8) is 0 Å². The standard InChI is InChI=1S/C10H11N3S/c1-7-5-14-6-9(7)13-10-3-2-8(11)4-12-10/h2-6H,11H2,1H3,(H,12,13). The second-order valence-electron chi connectivity index (χ2n) is 3.07. The van der Waals surface area contributed by atoms with Gasteiger partial charge >= 0.3 is 0 Å². The van der Waals surface area contributed by atoms with Gasteiger partial charge in [-0.2, -0.15) is 0 Å². The Morgan fingerprint density at radius 1 is 1.36 bits per heavy atom. The van der Waals surface area contributed by atoms with E-state index in [0.29, 0.717) is 5.69 Å². The van der Waals surface area contributed by atoms with Crippen LogP contribution >= 0.6 is 11.3 Å². The molecule has 0 radical (unpaired) electrons. The second kappa shape index (κ2) is 3.67. The quantitative estimate of drug-likeness (QED) is 0.792. The van der Waals surface area contributed by atoms with Gasteiger partial charge in [0.05, 0.1) is 17.6 Å². The number of thiophene rings is 1. The lowest BCUT2D eigenvalue weighted by Gasteiger charge is -2.04. The summed E-state index contributed by atoms with van der Waals surface area (Å²) in [5.74, 6) is 0.820. The number of nitrogens with two attached hydrogens (primary N) is 1. The Bertz CT molecular complexity index is 419. The highest BCUT2D eigenvalue weighted by Crippen LogP contribution is 2.22. The zero-order valence-corrected chi connectivity index (χ0v) is 8.64. The smallest absolute Gasteiger partial charge is 0.130 e. The Morgan fingerprint density at radius 3 is 2.79 bits per heavy atom. The van der Waals surface area contributed by atoms with Crippen LogP contribution in [0.5, 0.6) is 0 Å². The van der Waals surface area contributed by atoms with Crippen molar-refractivity contribution in [1.82, 2.24) is 4.98 Å². The number of nitrogen functional groups attached to an aromatic ring is 1. The Hall–Kier alpha value is -1.55. The molecule has 0 spiro atoms. The molecule has 72 valence electrons. The summed E-state index contributed by atoms with van der Waals surface area (Å²) in [5.41, 5.74) is 8.55.